The number of benzene rings is 1. The van der Waals surface area contributed by atoms with E-state index >= 15 is 4.39 Å². The molecule has 0 bridgehead atoms. The minimum absolute atomic E-state index is 0.0368. The number of nitrogens with two attached hydrogens (primary N) is 1. The number of fused-ring (bicyclic) bond motifs is 1. The average Bonchev–Trinajstić information content (AvgIpc) is 3.43. The molecule has 2 aliphatic rings. The van der Waals surface area contributed by atoms with Crippen molar-refractivity contribution < 1.29 is 22.3 Å². The predicted molar refractivity (Wildman–Crippen MR) is 107 cm³/mol. The Morgan fingerprint density at radius 2 is 1.84 bits per heavy atom. The zero-order valence-corrected chi connectivity index (χ0v) is 17.2. The van der Waals surface area contributed by atoms with Gasteiger partial charge in [-0.3, -0.25) is 14.3 Å². The number of aromatic nitrogens is 2. The van der Waals surface area contributed by atoms with E-state index in [9.17, 15) is 22.8 Å². The first kappa shape index (κ1) is 21.7. The summed E-state index contributed by atoms with van der Waals surface area (Å²) in [6.07, 6.45) is -3.89. The molecular formula is C20H24F4N4O3. The van der Waals surface area contributed by atoms with Gasteiger partial charge in [0.2, 0.25) is 0 Å². The molecular weight excluding hydrogens is 420 g/mol. The number of nitrogens with zero attached hydrogens (tertiary/aromatic N) is 2. The maximum absolute atomic E-state index is 15.6. The summed E-state index contributed by atoms with van der Waals surface area (Å²) >= 11 is 0. The second-order valence-electron chi connectivity index (χ2n) is 8.39. The van der Waals surface area contributed by atoms with Crippen LogP contribution < -0.4 is 26.6 Å². The third-order valence-electron chi connectivity index (χ3n) is 6.29. The summed E-state index contributed by atoms with van der Waals surface area (Å²) in [5, 5.41) is -0.0748. The lowest BCUT2D eigenvalue weighted by Crippen LogP contribution is -2.32. The van der Waals surface area contributed by atoms with Gasteiger partial charge in [-0.05, 0) is 38.1 Å². The molecule has 1 aliphatic heterocycles. The normalized spacial score (nSPS) is 21.8. The number of hydrogen-bond acceptors (Lipinski definition) is 5. The van der Waals surface area contributed by atoms with Crippen LogP contribution in [-0.4, -0.2) is 42.5 Å². The van der Waals surface area contributed by atoms with Crippen LogP contribution in [0.15, 0.2) is 9.59 Å². The van der Waals surface area contributed by atoms with Crippen LogP contribution in [0.2, 0.25) is 0 Å². The predicted octanol–water partition coefficient (Wildman–Crippen LogP) is 2.44. The summed E-state index contributed by atoms with van der Waals surface area (Å²) in [6, 6.07) is -0.123. The smallest absolute Gasteiger partial charge is 0.389 e. The molecule has 4 rings (SSSR count). The highest BCUT2D eigenvalue weighted by molar-refractivity contribution is 5.93. The van der Waals surface area contributed by atoms with Crippen molar-refractivity contribution >= 4 is 16.6 Å². The number of ether oxygens (including phenoxy) is 1. The quantitative estimate of drug-likeness (QED) is 0.691. The molecule has 7 nitrogen and oxygen atoms in total. The van der Waals surface area contributed by atoms with Crippen LogP contribution in [0, 0.1) is 24.6 Å². The summed E-state index contributed by atoms with van der Waals surface area (Å²) in [4.78, 5) is 28.8. The summed E-state index contributed by atoms with van der Waals surface area (Å²) in [6.45, 7) is 1.72. The van der Waals surface area contributed by atoms with Crippen LogP contribution in [0.3, 0.4) is 0 Å². The van der Waals surface area contributed by atoms with Gasteiger partial charge in [0.15, 0.2) is 11.6 Å². The van der Waals surface area contributed by atoms with Crippen molar-refractivity contribution in [2.24, 2.45) is 17.6 Å². The highest BCUT2D eigenvalue weighted by Gasteiger charge is 2.42. The van der Waals surface area contributed by atoms with E-state index in [2.05, 4.69) is 4.98 Å². The van der Waals surface area contributed by atoms with Gasteiger partial charge in [-0.1, -0.05) is 0 Å². The van der Waals surface area contributed by atoms with Gasteiger partial charge in [0.1, 0.15) is 5.39 Å². The number of hydrogen-bond donors (Lipinski definition) is 2. The average molecular weight is 444 g/mol. The van der Waals surface area contributed by atoms with Gasteiger partial charge < -0.3 is 15.4 Å². The SMILES string of the molecule is COc1c(F)c(N2CC(CN)C(CC(F)(F)F)C2)c(C)c2c1c(=O)[nH]c(=O)n2C1CC1. The Morgan fingerprint density at radius 1 is 1.19 bits per heavy atom. The van der Waals surface area contributed by atoms with Crippen LogP contribution in [0.25, 0.3) is 10.9 Å². The van der Waals surface area contributed by atoms with Gasteiger partial charge >= 0.3 is 11.9 Å². The van der Waals surface area contributed by atoms with Crippen LogP contribution in [0.1, 0.15) is 30.9 Å². The molecule has 1 aromatic carbocycles. The number of aromatic amines is 1. The van der Waals surface area contributed by atoms with Crippen molar-refractivity contribution in [2.45, 2.75) is 38.4 Å². The fourth-order valence-electron chi connectivity index (χ4n) is 4.79. The fraction of sp³-hybridized carbons (Fsp3) is 0.600. The standard InChI is InChI=1S/C20H24F4N4O3/c1-9-15-13(18(29)26-19(30)28(15)12-3-4-12)17(31-2)14(21)16(9)27-7-10(5-20(22,23)24)11(6-25)8-27/h10-12H,3-8,25H2,1-2H3,(H,26,29,30). The molecule has 31 heavy (non-hydrogen) atoms. The number of anilines is 1. The Bertz CT molecular complexity index is 1140. The Balaban J connectivity index is 1.92. The summed E-state index contributed by atoms with van der Waals surface area (Å²) in [7, 11) is 1.21. The molecule has 1 saturated carbocycles. The Morgan fingerprint density at radius 3 is 2.39 bits per heavy atom. The van der Waals surface area contributed by atoms with Crippen molar-refractivity contribution in [2.75, 3.05) is 31.6 Å². The highest BCUT2D eigenvalue weighted by atomic mass is 19.4. The second kappa shape index (κ2) is 7.54. The molecule has 11 heteroatoms. The Kier molecular flexibility index (Phi) is 5.27. The summed E-state index contributed by atoms with van der Waals surface area (Å²) < 4.78 is 61.3. The van der Waals surface area contributed by atoms with Gasteiger partial charge in [-0.25, -0.2) is 9.18 Å². The molecule has 0 radical (unpaired) electrons. The van der Waals surface area contributed by atoms with Gasteiger partial charge in [-0.2, -0.15) is 13.2 Å². The van der Waals surface area contributed by atoms with Crippen LogP contribution >= 0.6 is 0 Å². The third kappa shape index (κ3) is 3.68. The van der Waals surface area contributed by atoms with Crippen molar-refractivity contribution in [3.63, 3.8) is 0 Å². The zero-order valence-electron chi connectivity index (χ0n) is 17.2. The molecule has 1 aliphatic carbocycles. The van der Waals surface area contributed by atoms with Gasteiger partial charge in [0, 0.05) is 31.1 Å². The Labute approximate surface area is 174 Å². The molecule has 2 aromatic rings. The molecule has 2 unspecified atom stereocenters. The number of nitrogens with one attached hydrogen (secondary N) is 1. The van der Waals surface area contributed by atoms with E-state index in [0.29, 0.717) is 5.56 Å². The lowest BCUT2D eigenvalue weighted by atomic mass is 9.93. The van der Waals surface area contributed by atoms with Gasteiger partial charge in [-0.15, -0.1) is 0 Å². The van der Waals surface area contributed by atoms with Crippen molar-refractivity contribution in [1.29, 1.82) is 0 Å². The summed E-state index contributed by atoms with van der Waals surface area (Å²) in [5.41, 5.74) is 4.98. The zero-order chi connectivity index (χ0) is 22.7. The summed E-state index contributed by atoms with van der Waals surface area (Å²) in [5.74, 6) is -2.40. The van der Waals surface area contributed by atoms with E-state index < -0.39 is 41.5 Å². The molecule has 0 spiro atoms. The minimum atomic E-state index is -4.36. The van der Waals surface area contributed by atoms with E-state index in [0.717, 1.165) is 12.8 Å². The van der Waals surface area contributed by atoms with Crippen molar-refractivity contribution in [1.82, 2.24) is 9.55 Å². The first-order valence-corrected chi connectivity index (χ1v) is 10.1. The van der Waals surface area contributed by atoms with Crippen molar-refractivity contribution in [3.8, 4) is 5.75 Å². The molecule has 3 N–H and O–H groups in total. The van der Waals surface area contributed by atoms with E-state index in [-0.39, 0.29) is 48.0 Å². The number of methoxy groups -OCH3 is 1. The van der Waals surface area contributed by atoms with Crippen molar-refractivity contribution in [3.05, 3.63) is 32.2 Å². The largest absolute Gasteiger partial charge is 0.493 e. The third-order valence-corrected chi connectivity index (χ3v) is 6.29. The molecule has 1 saturated heterocycles. The topological polar surface area (TPSA) is 93.3 Å². The van der Waals surface area contributed by atoms with E-state index in [1.807, 2.05) is 0 Å². The number of aryl methyl sites for hydroxylation is 1. The fourth-order valence-corrected chi connectivity index (χ4v) is 4.79. The van der Waals surface area contributed by atoms with E-state index in [4.69, 9.17) is 10.5 Å². The van der Waals surface area contributed by atoms with Gasteiger partial charge in [0.25, 0.3) is 5.56 Å². The maximum atomic E-state index is 15.6. The number of rotatable bonds is 5. The molecule has 2 heterocycles. The molecule has 2 fully saturated rings. The molecule has 170 valence electrons. The number of halogens is 4. The molecule has 0 amide bonds. The van der Waals surface area contributed by atoms with Crippen LogP contribution in [0.4, 0.5) is 23.2 Å². The van der Waals surface area contributed by atoms with Crippen LogP contribution in [-0.2, 0) is 0 Å². The molecule has 2 atom stereocenters. The van der Waals surface area contributed by atoms with Crippen LogP contribution in [0.5, 0.6) is 5.75 Å². The van der Waals surface area contributed by atoms with Gasteiger partial charge in [0.05, 0.1) is 18.3 Å². The Hall–Kier alpha value is -2.56. The van der Waals surface area contributed by atoms with E-state index in [1.165, 1.54) is 16.6 Å². The first-order valence-electron chi connectivity index (χ1n) is 10.1. The highest BCUT2D eigenvalue weighted by Crippen LogP contribution is 2.44. The number of H-pyrrole nitrogens is 1. The maximum Gasteiger partial charge on any atom is 0.389 e. The monoisotopic (exact) mass is 444 g/mol. The number of alkyl halides is 3. The first-order chi connectivity index (χ1) is 14.6. The van der Waals surface area contributed by atoms with E-state index in [1.54, 1.807) is 6.92 Å². The lowest BCUT2D eigenvalue weighted by molar-refractivity contribution is -0.145. The molecule has 1 aromatic heterocycles. The lowest BCUT2D eigenvalue weighted by Gasteiger charge is -2.25. The minimum Gasteiger partial charge on any atom is -0.493 e. The second-order valence-corrected chi connectivity index (χ2v) is 8.39.